The van der Waals surface area contributed by atoms with Gasteiger partial charge in [0.15, 0.2) is 0 Å². The molecule has 0 unspecified atom stereocenters. The Morgan fingerprint density at radius 3 is 2.22 bits per heavy atom. The molecule has 2 nitrogen and oxygen atoms in total. The van der Waals surface area contributed by atoms with Gasteiger partial charge < -0.3 is 10.2 Å². The average molecular weight is 260 g/mol. The van der Waals surface area contributed by atoms with Gasteiger partial charge in [-0.25, -0.2) is 0 Å². The standard InChI is InChI=1S/C15H20N2S/c1-4-14-9-10-15(18-14)11-16-12-5-7-13(8-6-12)17(2)3/h5-10,16H,4,11H2,1-3H3. The maximum absolute atomic E-state index is 3.46. The Kier molecular flexibility index (Phi) is 4.26. The molecule has 18 heavy (non-hydrogen) atoms. The molecule has 3 heteroatoms. The molecule has 0 aliphatic carbocycles. The summed E-state index contributed by atoms with van der Waals surface area (Å²) >= 11 is 1.89. The first-order valence-corrected chi connectivity index (χ1v) is 7.09. The van der Waals surface area contributed by atoms with E-state index in [0.29, 0.717) is 0 Å². The van der Waals surface area contributed by atoms with Crippen molar-refractivity contribution in [1.29, 1.82) is 0 Å². The Hall–Kier alpha value is -1.48. The minimum Gasteiger partial charge on any atom is -0.380 e. The van der Waals surface area contributed by atoms with E-state index in [-0.39, 0.29) is 0 Å². The Morgan fingerprint density at radius 1 is 1.00 bits per heavy atom. The molecule has 1 heterocycles. The van der Waals surface area contributed by atoms with Crippen molar-refractivity contribution in [2.24, 2.45) is 0 Å². The lowest BCUT2D eigenvalue weighted by Gasteiger charge is -2.13. The second kappa shape index (κ2) is 5.91. The van der Waals surface area contributed by atoms with Crippen LogP contribution >= 0.6 is 11.3 Å². The molecule has 0 spiro atoms. The normalized spacial score (nSPS) is 10.4. The highest BCUT2D eigenvalue weighted by Crippen LogP contribution is 2.20. The largest absolute Gasteiger partial charge is 0.380 e. The molecule has 0 saturated heterocycles. The van der Waals surface area contributed by atoms with Crippen molar-refractivity contribution in [1.82, 2.24) is 0 Å². The van der Waals surface area contributed by atoms with E-state index in [4.69, 9.17) is 0 Å². The van der Waals surface area contributed by atoms with Crippen LogP contribution in [0.3, 0.4) is 0 Å². The summed E-state index contributed by atoms with van der Waals surface area (Å²) in [6, 6.07) is 13.0. The van der Waals surface area contributed by atoms with Crippen LogP contribution in [0.1, 0.15) is 16.7 Å². The van der Waals surface area contributed by atoms with Crippen molar-refractivity contribution in [3.63, 3.8) is 0 Å². The molecule has 2 rings (SSSR count). The van der Waals surface area contributed by atoms with Crippen molar-refractivity contribution in [2.45, 2.75) is 19.9 Å². The number of thiophene rings is 1. The zero-order valence-corrected chi connectivity index (χ0v) is 12.1. The number of hydrogen-bond acceptors (Lipinski definition) is 3. The number of benzene rings is 1. The van der Waals surface area contributed by atoms with E-state index in [1.807, 2.05) is 11.3 Å². The molecule has 1 aromatic heterocycles. The van der Waals surface area contributed by atoms with Crippen LogP contribution in [0.25, 0.3) is 0 Å². The third-order valence-electron chi connectivity index (χ3n) is 2.92. The molecule has 96 valence electrons. The van der Waals surface area contributed by atoms with Gasteiger partial charge in [-0.3, -0.25) is 0 Å². The second-order valence-electron chi connectivity index (χ2n) is 4.52. The summed E-state index contributed by atoms with van der Waals surface area (Å²) in [5.41, 5.74) is 2.40. The predicted molar refractivity (Wildman–Crippen MR) is 81.8 cm³/mol. The molecule has 0 aliphatic rings. The molecular weight excluding hydrogens is 240 g/mol. The summed E-state index contributed by atoms with van der Waals surface area (Å²) in [6.07, 6.45) is 1.13. The zero-order valence-electron chi connectivity index (χ0n) is 11.2. The minimum absolute atomic E-state index is 0.909. The molecule has 0 saturated carbocycles. The summed E-state index contributed by atoms with van der Waals surface area (Å²) in [4.78, 5) is 4.95. The molecule has 1 aromatic carbocycles. The first-order chi connectivity index (χ1) is 8.69. The van der Waals surface area contributed by atoms with E-state index < -0.39 is 0 Å². The van der Waals surface area contributed by atoms with E-state index in [9.17, 15) is 0 Å². The Balaban J connectivity index is 1.93. The van der Waals surface area contributed by atoms with Gasteiger partial charge >= 0.3 is 0 Å². The van der Waals surface area contributed by atoms with Crippen LogP contribution in [-0.4, -0.2) is 14.1 Å². The lowest BCUT2D eigenvalue weighted by atomic mass is 10.2. The minimum atomic E-state index is 0.909. The van der Waals surface area contributed by atoms with Crippen LogP contribution in [0, 0.1) is 0 Å². The zero-order chi connectivity index (χ0) is 13.0. The molecule has 0 bridgehead atoms. The molecule has 2 aromatic rings. The molecule has 0 atom stereocenters. The fraction of sp³-hybridized carbons (Fsp3) is 0.333. The van der Waals surface area contributed by atoms with E-state index in [0.717, 1.165) is 13.0 Å². The summed E-state index contributed by atoms with van der Waals surface area (Å²) < 4.78 is 0. The van der Waals surface area contributed by atoms with Crippen molar-refractivity contribution in [2.75, 3.05) is 24.3 Å². The first-order valence-electron chi connectivity index (χ1n) is 6.28. The van der Waals surface area contributed by atoms with Crippen LogP contribution in [0.4, 0.5) is 11.4 Å². The molecule has 0 aliphatic heterocycles. The Bertz CT molecular complexity index is 485. The molecule has 0 amide bonds. The maximum atomic E-state index is 3.46. The third-order valence-corrected chi connectivity index (χ3v) is 4.15. The van der Waals surface area contributed by atoms with Crippen molar-refractivity contribution >= 4 is 22.7 Å². The van der Waals surface area contributed by atoms with Crippen LogP contribution in [-0.2, 0) is 13.0 Å². The summed E-state index contributed by atoms with van der Waals surface area (Å²) in [7, 11) is 4.11. The maximum Gasteiger partial charge on any atom is 0.0494 e. The van der Waals surface area contributed by atoms with E-state index in [1.54, 1.807) is 0 Å². The smallest absolute Gasteiger partial charge is 0.0494 e. The van der Waals surface area contributed by atoms with Gasteiger partial charge in [-0.05, 0) is 42.8 Å². The molecular formula is C15H20N2S. The monoisotopic (exact) mass is 260 g/mol. The highest BCUT2D eigenvalue weighted by Gasteiger charge is 1.99. The summed E-state index contributed by atoms with van der Waals surface area (Å²) in [5.74, 6) is 0. The number of nitrogens with one attached hydrogen (secondary N) is 1. The van der Waals surface area contributed by atoms with Gasteiger partial charge in [-0.15, -0.1) is 11.3 Å². The van der Waals surface area contributed by atoms with Crippen LogP contribution in [0.5, 0.6) is 0 Å². The van der Waals surface area contributed by atoms with Gasteiger partial charge in [0.05, 0.1) is 0 Å². The topological polar surface area (TPSA) is 15.3 Å². The Morgan fingerprint density at radius 2 is 1.67 bits per heavy atom. The number of rotatable bonds is 5. The van der Waals surface area contributed by atoms with Crippen LogP contribution < -0.4 is 10.2 Å². The van der Waals surface area contributed by atoms with E-state index in [2.05, 4.69) is 67.6 Å². The van der Waals surface area contributed by atoms with Gasteiger partial charge in [-0.2, -0.15) is 0 Å². The molecule has 0 radical (unpaired) electrons. The fourth-order valence-electron chi connectivity index (χ4n) is 1.77. The number of nitrogens with zero attached hydrogens (tertiary/aromatic N) is 1. The van der Waals surface area contributed by atoms with Gasteiger partial charge in [0.1, 0.15) is 0 Å². The molecule has 0 fully saturated rings. The second-order valence-corrected chi connectivity index (χ2v) is 5.77. The third kappa shape index (κ3) is 3.26. The van der Waals surface area contributed by atoms with Crippen molar-refractivity contribution < 1.29 is 0 Å². The Labute approximate surface area is 113 Å². The van der Waals surface area contributed by atoms with Crippen LogP contribution in [0.2, 0.25) is 0 Å². The fourth-order valence-corrected chi connectivity index (χ4v) is 2.67. The average Bonchev–Trinajstić information content (AvgIpc) is 2.85. The van der Waals surface area contributed by atoms with E-state index in [1.165, 1.54) is 21.1 Å². The first kappa shape index (κ1) is 13.0. The van der Waals surface area contributed by atoms with Gasteiger partial charge in [0.2, 0.25) is 0 Å². The van der Waals surface area contributed by atoms with Crippen LogP contribution in [0.15, 0.2) is 36.4 Å². The highest BCUT2D eigenvalue weighted by atomic mass is 32.1. The SMILES string of the molecule is CCc1ccc(CNc2ccc(N(C)C)cc2)s1. The van der Waals surface area contributed by atoms with Crippen molar-refractivity contribution in [3.05, 3.63) is 46.2 Å². The quantitative estimate of drug-likeness (QED) is 0.874. The van der Waals surface area contributed by atoms with E-state index >= 15 is 0 Å². The van der Waals surface area contributed by atoms with Gasteiger partial charge in [0.25, 0.3) is 0 Å². The lowest BCUT2D eigenvalue weighted by Crippen LogP contribution is -2.08. The van der Waals surface area contributed by atoms with Gasteiger partial charge in [0, 0.05) is 41.8 Å². The number of aryl methyl sites for hydroxylation is 1. The predicted octanol–water partition coefficient (Wildman–Crippen LogP) is 3.99. The highest BCUT2D eigenvalue weighted by molar-refractivity contribution is 7.12. The number of hydrogen-bond donors (Lipinski definition) is 1. The van der Waals surface area contributed by atoms with Gasteiger partial charge in [-0.1, -0.05) is 6.92 Å². The summed E-state index contributed by atoms with van der Waals surface area (Å²) in [6.45, 7) is 3.11. The lowest BCUT2D eigenvalue weighted by molar-refractivity contribution is 1.13. The number of anilines is 2. The summed E-state index contributed by atoms with van der Waals surface area (Å²) in [5, 5.41) is 3.46. The molecule has 1 N–H and O–H groups in total. The van der Waals surface area contributed by atoms with Crippen molar-refractivity contribution in [3.8, 4) is 0 Å².